The molecule has 34 heavy (non-hydrogen) atoms. The van der Waals surface area contributed by atoms with Crippen LogP contribution in [0.4, 0.5) is 5.95 Å². The summed E-state index contributed by atoms with van der Waals surface area (Å²) in [6.07, 6.45) is 13.0. The Balaban J connectivity index is 1.29. The number of anilines is 1. The number of nitrogens with zero attached hydrogens (tertiary/aromatic N) is 2. The Labute approximate surface area is 204 Å². The van der Waals surface area contributed by atoms with Crippen LogP contribution in [0, 0.1) is 5.41 Å². The molecule has 0 spiro atoms. The summed E-state index contributed by atoms with van der Waals surface area (Å²) in [7, 11) is 1.76. The average molecular weight is 471 g/mol. The summed E-state index contributed by atoms with van der Waals surface area (Å²) in [5, 5.41) is 14.4. The van der Waals surface area contributed by atoms with Gasteiger partial charge >= 0.3 is 0 Å². The second-order valence-corrected chi connectivity index (χ2v) is 10.4. The molecule has 8 nitrogen and oxygen atoms in total. The zero-order valence-electron chi connectivity index (χ0n) is 21.0. The Hall–Kier alpha value is -2.16. The first kappa shape index (κ1) is 24.9. The number of dihydropyridines is 1. The molecule has 0 aromatic carbocycles. The molecule has 0 unspecified atom stereocenters. The van der Waals surface area contributed by atoms with E-state index in [2.05, 4.69) is 52.3 Å². The van der Waals surface area contributed by atoms with Gasteiger partial charge in [-0.05, 0) is 69.1 Å². The highest BCUT2D eigenvalue weighted by Crippen LogP contribution is 2.29. The molecular weight excluding hydrogens is 428 g/mol. The van der Waals surface area contributed by atoms with E-state index in [0.717, 1.165) is 88.5 Å². The number of hydrogen-bond acceptors (Lipinski definition) is 8. The van der Waals surface area contributed by atoms with Crippen LogP contribution in [0.1, 0.15) is 58.1 Å². The van der Waals surface area contributed by atoms with E-state index in [0.29, 0.717) is 29.5 Å². The Morgan fingerprint density at radius 2 is 1.97 bits per heavy atom. The molecule has 4 N–H and O–H groups in total. The minimum Gasteiger partial charge on any atom is -0.385 e. The predicted molar refractivity (Wildman–Crippen MR) is 136 cm³/mol. The molecule has 0 bridgehead atoms. The lowest BCUT2D eigenvalue weighted by Gasteiger charge is -2.34. The number of allylic oxidation sites excluding steroid dienone is 1. The molecular formula is C26H42N6O2. The van der Waals surface area contributed by atoms with Gasteiger partial charge in [-0.15, -0.1) is 0 Å². The minimum absolute atomic E-state index is 0.292. The molecule has 2 aliphatic heterocycles. The average Bonchev–Trinajstić information content (AvgIpc) is 2.85. The van der Waals surface area contributed by atoms with Crippen LogP contribution < -0.4 is 21.3 Å². The van der Waals surface area contributed by atoms with Crippen LogP contribution in [0.2, 0.25) is 0 Å². The largest absolute Gasteiger partial charge is 0.385 e. The Kier molecular flexibility index (Phi) is 8.80. The number of rotatable bonds is 10. The van der Waals surface area contributed by atoms with Crippen molar-refractivity contribution in [2.45, 2.75) is 70.5 Å². The third-order valence-electron chi connectivity index (χ3n) is 7.26. The molecule has 3 heterocycles. The van der Waals surface area contributed by atoms with Crippen molar-refractivity contribution in [1.82, 2.24) is 25.9 Å². The number of hydrogen-bond donors (Lipinski definition) is 4. The van der Waals surface area contributed by atoms with Gasteiger partial charge in [0.05, 0.1) is 18.0 Å². The fourth-order valence-electron chi connectivity index (χ4n) is 5.05. The van der Waals surface area contributed by atoms with Gasteiger partial charge in [0.2, 0.25) is 5.95 Å². The standard InChI is InChI=1S/C26H42N6O2/c1-19(17-33-3)30-20-4-6-21(7-5-20)31-25-28-13-9-23(32-25)24-16-22(8-12-27-24)29-18-26(2)10-14-34-15-11-26/h8-9,13,16,19-21,27,29-30H,4-7,10-12,14-15,17-18H2,1-3H3,(H,28,31,32)/t19-,20?,21?/m1/s1. The Morgan fingerprint density at radius 1 is 1.21 bits per heavy atom. The van der Waals surface area contributed by atoms with Crippen LogP contribution in [-0.4, -0.2) is 68.1 Å². The van der Waals surface area contributed by atoms with E-state index in [4.69, 9.17) is 14.5 Å². The number of ether oxygens (including phenoxy) is 2. The first-order valence-corrected chi connectivity index (χ1v) is 12.9. The van der Waals surface area contributed by atoms with Crippen LogP contribution in [-0.2, 0) is 9.47 Å². The van der Waals surface area contributed by atoms with Gasteiger partial charge in [0.1, 0.15) is 0 Å². The van der Waals surface area contributed by atoms with Gasteiger partial charge in [0, 0.05) is 63.4 Å². The topological polar surface area (TPSA) is 92.4 Å². The Morgan fingerprint density at radius 3 is 2.74 bits per heavy atom. The van der Waals surface area contributed by atoms with Crippen LogP contribution in [0.3, 0.4) is 0 Å². The maximum Gasteiger partial charge on any atom is 0.223 e. The van der Waals surface area contributed by atoms with E-state index in [-0.39, 0.29) is 0 Å². The van der Waals surface area contributed by atoms with Gasteiger partial charge in [-0.1, -0.05) is 6.92 Å². The van der Waals surface area contributed by atoms with Crippen molar-refractivity contribution >= 4 is 11.6 Å². The molecule has 1 saturated heterocycles. The molecule has 1 aromatic heterocycles. The third-order valence-corrected chi connectivity index (χ3v) is 7.26. The van der Waals surface area contributed by atoms with Gasteiger partial charge < -0.3 is 30.7 Å². The molecule has 1 atom stereocenters. The molecule has 3 aliphatic rings. The van der Waals surface area contributed by atoms with Gasteiger partial charge in [-0.2, -0.15) is 0 Å². The highest BCUT2D eigenvalue weighted by Gasteiger charge is 2.27. The van der Waals surface area contributed by atoms with Crippen molar-refractivity contribution in [2.75, 3.05) is 45.3 Å². The first-order valence-electron chi connectivity index (χ1n) is 12.9. The first-order chi connectivity index (χ1) is 16.5. The second-order valence-electron chi connectivity index (χ2n) is 10.4. The summed E-state index contributed by atoms with van der Waals surface area (Å²) in [6.45, 7) is 8.76. The van der Waals surface area contributed by atoms with Crippen LogP contribution >= 0.6 is 0 Å². The summed E-state index contributed by atoms with van der Waals surface area (Å²) in [4.78, 5) is 9.32. The van der Waals surface area contributed by atoms with Crippen molar-refractivity contribution in [2.24, 2.45) is 5.41 Å². The van der Waals surface area contributed by atoms with Crippen molar-refractivity contribution in [3.63, 3.8) is 0 Å². The molecule has 8 heteroatoms. The fraction of sp³-hybridized carbons (Fsp3) is 0.692. The van der Waals surface area contributed by atoms with Crippen LogP contribution in [0.25, 0.3) is 5.70 Å². The summed E-state index contributed by atoms with van der Waals surface area (Å²) >= 11 is 0. The van der Waals surface area contributed by atoms with E-state index in [1.165, 1.54) is 0 Å². The highest BCUT2D eigenvalue weighted by molar-refractivity contribution is 5.66. The van der Waals surface area contributed by atoms with Gasteiger partial charge in [-0.3, -0.25) is 0 Å². The van der Waals surface area contributed by atoms with E-state index >= 15 is 0 Å². The smallest absolute Gasteiger partial charge is 0.223 e. The van der Waals surface area contributed by atoms with Crippen molar-refractivity contribution in [1.29, 1.82) is 0 Å². The van der Waals surface area contributed by atoms with Gasteiger partial charge in [0.25, 0.3) is 0 Å². The SMILES string of the molecule is COC[C@@H](C)NC1CCC(Nc2nccc(C3=CC(NCC4(C)CCOCC4)=CCN3)n2)CC1. The molecule has 188 valence electrons. The predicted octanol–water partition coefficient (Wildman–Crippen LogP) is 3.06. The summed E-state index contributed by atoms with van der Waals surface area (Å²) in [6, 6.07) is 3.35. The van der Waals surface area contributed by atoms with Crippen molar-refractivity contribution in [3.05, 3.63) is 35.8 Å². The summed E-state index contributed by atoms with van der Waals surface area (Å²) in [5.41, 5.74) is 3.40. The normalized spacial score (nSPS) is 25.5. The maximum absolute atomic E-state index is 5.53. The second kappa shape index (κ2) is 12.0. The molecule has 2 fully saturated rings. The van der Waals surface area contributed by atoms with Crippen molar-refractivity contribution in [3.8, 4) is 0 Å². The van der Waals surface area contributed by atoms with Crippen LogP contribution in [0.5, 0.6) is 0 Å². The van der Waals surface area contributed by atoms with E-state index in [1.54, 1.807) is 7.11 Å². The molecule has 0 amide bonds. The quantitative estimate of drug-likeness (QED) is 0.415. The third kappa shape index (κ3) is 7.17. The summed E-state index contributed by atoms with van der Waals surface area (Å²) in [5.74, 6) is 0.711. The van der Waals surface area contributed by atoms with Gasteiger partial charge in [-0.25, -0.2) is 9.97 Å². The molecule has 0 radical (unpaired) electrons. The zero-order chi connectivity index (χ0) is 23.8. The molecule has 1 aliphatic carbocycles. The molecule has 4 rings (SSSR count). The number of nitrogens with one attached hydrogen (secondary N) is 4. The van der Waals surface area contributed by atoms with E-state index < -0.39 is 0 Å². The monoisotopic (exact) mass is 470 g/mol. The van der Waals surface area contributed by atoms with Crippen molar-refractivity contribution < 1.29 is 9.47 Å². The molecule has 1 aromatic rings. The lowest BCUT2D eigenvalue weighted by Crippen LogP contribution is -2.43. The number of methoxy groups -OCH3 is 1. The van der Waals surface area contributed by atoms with E-state index in [1.807, 2.05) is 12.3 Å². The highest BCUT2D eigenvalue weighted by atomic mass is 16.5. The Bertz CT molecular complexity index is 843. The molecule has 1 saturated carbocycles. The fourth-order valence-corrected chi connectivity index (χ4v) is 5.05. The lowest BCUT2D eigenvalue weighted by atomic mass is 9.82. The van der Waals surface area contributed by atoms with E-state index in [9.17, 15) is 0 Å². The van der Waals surface area contributed by atoms with Crippen LogP contribution in [0.15, 0.2) is 30.1 Å². The minimum atomic E-state index is 0.292. The summed E-state index contributed by atoms with van der Waals surface area (Å²) < 4.78 is 10.8. The zero-order valence-corrected chi connectivity index (χ0v) is 21.0. The lowest BCUT2D eigenvalue weighted by molar-refractivity contribution is 0.0253. The number of aromatic nitrogens is 2. The van der Waals surface area contributed by atoms with Gasteiger partial charge in [0.15, 0.2) is 0 Å². The maximum atomic E-state index is 5.53.